The lowest BCUT2D eigenvalue weighted by atomic mass is 10.0. The Labute approximate surface area is 177 Å². The fourth-order valence-electron chi connectivity index (χ4n) is 3.32. The maximum atomic E-state index is 13.6. The molecule has 0 spiro atoms. The zero-order valence-electron chi connectivity index (χ0n) is 16.4. The Balaban J connectivity index is 2.03. The summed E-state index contributed by atoms with van der Waals surface area (Å²) >= 11 is 0. The predicted molar refractivity (Wildman–Crippen MR) is 114 cm³/mol. The van der Waals surface area contributed by atoms with Crippen molar-refractivity contribution in [3.63, 3.8) is 0 Å². The van der Waals surface area contributed by atoms with Crippen molar-refractivity contribution in [2.75, 3.05) is 11.1 Å². The van der Waals surface area contributed by atoms with Crippen LogP contribution in [0.3, 0.4) is 0 Å². The number of benzene rings is 2. The summed E-state index contributed by atoms with van der Waals surface area (Å²) in [7, 11) is -4.27. The second kappa shape index (κ2) is 8.94. The van der Waals surface area contributed by atoms with Gasteiger partial charge in [-0.25, -0.2) is 4.98 Å². The van der Waals surface area contributed by atoms with Gasteiger partial charge in [-0.05, 0) is 37.1 Å². The summed E-state index contributed by atoms with van der Waals surface area (Å²) in [6, 6.07) is 11.6. The number of rotatable bonds is 8. The summed E-state index contributed by atoms with van der Waals surface area (Å²) in [5, 5.41) is 3.07. The van der Waals surface area contributed by atoms with Crippen molar-refractivity contribution in [1.82, 2.24) is 4.98 Å². The standard InChI is InChI=1S/C21H20F3N3O3S/c1-2-27-18-11-10-17(21(22,23)24)16(9-6-14-31(28,29)30)20(18)26-19(27)12-13-25-15-7-4-3-5-8-15/h2-5,7-8,10-13H,1,6,9,14H2,(H2,25,26,28,29,30)/p+1. The van der Waals surface area contributed by atoms with Crippen LogP contribution < -0.4 is 9.88 Å². The molecule has 0 aliphatic rings. The van der Waals surface area contributed by atoms with Crippen LogP contribution in [0.1, 0.15) is 23.4 Å². The number of hydrogen-bond acceptors (Lipinski definition) is 3. The number of aromatic amines is 1. The van der Waals surface area contributed by atoms with E-state index < -0.39 is 27.6 Å². The lowest BCUT2D eigenvalue weighted by Gasteiger charge is -2.12. The molecule has 3 aromatic rings. The zero-order chi connectivity index (χ0) is 22.6. The van der Waals surface area contributed by atoms with Crippen LogP contribution in [0.2, 0.25) is 0 Å². The number of nitrogens with one attached hydrogen (secondary N) is 2. The Morgan fingerprint density at radius 2 is 1.87 bits per heavy atom. The number of para-hydroxylation sites is 1. The monoisotopic (exact) mass is 452 g/mol. The van der Waals surface area contributed by atoms with Gasteiger partial charge < -0.3 is 5.32 Å². The molecule has 3 rings (SSSR count). The van der Waals surface area contributed by atoms with E-state index in [-0.39, 0.29) is 23.9 Å². The average Bonchev–Trinajstić information content (AvgIpc) is 3.05. The van der Waals surface area contributed by atoms with Crippen molar-refractivity contribution >= 4 is 39.1 Å². The van der Waals surface area contributed by atoms with Crippen molar-refractivity contribution in [1.29, 1.82) is 0 Å². The highest BCUT2D eigenvalue weighted by atomic mass is 32.2. The highest BCUT2D eigenvalue weighted by molar-refractivity contribution is 7.85. The normalized spacial score (nSPS) is 12.5. The quantitative estimate of drug-likeness (QED) is 0.348. The Morgan fingerprint density at radius 1 is 1.16 bits per heavy atom. The molecule has 2 aromatic carbocycles. The topological polar surface area (TPSA) is 86.1 Å². The van der Waals surface area contributed by atoms with Crippen molar-refractivity contribution in [3.8, 4) is 0 Å². The van der Waals surface area contributed by atoms with Gasteiger partial charge in [0.25, 0.3) is 15.9 Å². The number of aryl methyl sites for hydroxylation is 1. The van der Waals surface area contributed by atoms with Crippen LogP contribution in [0.15, 0.2) is 55.2 Å². The van der Waals surface area contributed by atoms with Crippen LogP contribution in [-0.4, -0.2) is 23.7 Å². The van der Waals surface area contributed by atoms with E-state index in [1.54, 1.807) is 16.8 Å². The molecule has 0 bridgehead atoms. The molecule has 0 fully saturated rings. The van der Waals surface area contributed by atoms with E-state index in [1.165, 1.54) is 12.3 Å². The molecule has 31 heavy (non-hydrogen) atoms. The largest absolute Gasteiger partial charge is 0.416 e. The van der Waals surface area contributed by atoms with Crippen LogP contribution in [0, 0.1) is 0 Å². The van der Waals surface area contributed by atoms with E-state index in [0.29, 0.717) is 11.3 Å². The highest BCUT2D eigenvalue weighted by Crippen LogP contribution is 2.35. The van der Waals surface area contributed by atoms with Gasteiger partial charge in [-0.1, -0.05) is 24.8 Å². The summed E-state index contributed by atoms with van der Waals surface area (Å²) in [5.41, 5.74) is 0.601. The number of fused-ring (bicyclic) bond motifs is 1. The maximum absolute atomic E-state index is 13.6. The summed E-state index contributed by atoms with van der Waals surface area (Å²) in [6.45, 7) is 3.73. The average molecular weight is 452 g/mol. The summed E-state index contributed by atoms with van der Waals surface area (Å²) in [5.74, 6) is -0.153. The lowest BCUT2D eigenvalue weighted by molar-refractivity contribution is -0.540. The third-order valence-corrected chi connectivity index (χ3v) is 5.45. The molecule has 10 heteroatoms. The number of alkyl halides is 3. The van der Waals surface area contributed by atoms with Crippen molar-refractivity contribution in [2.45, 2.75) is 19.0 Å². The summed E-state index contributed by atoms with van der Waals surface area (Å²) < 4.78 is 73.3. The van der Waals surface area contributed by atoms with Crippen LogP contribution in [0.5, 0.6) is 0 Å². The van der Waals surface area contributed by atoms with Gasteiger partial charge in [0, 0.05) is 23.5 Å². The van der Waals surface area contributed by atoms with Gasteiger partial charge >= 0.3 is 6.18 Å². The molecule has 0 radical (unpaired) electrons. The Bertz CT molecular complexity index is 1220. The molecular formula is C21H21F3N3O3S+. The molecule has 0 unspecified atom stereocenters. The lowest BCUT2D eigenvalue weighted by Crippen LogP contribution is -2.27. The van der Waals surface area contributed by atoms with Crippen molar-refractivity contribution in [3.05, 3.63) is 72.2 Å². The highest BCUT2D eigenvalue weighted by Gasteiger charge is 2.36. The Hall–Kier alpha value is -3.11. The van der Waals surface area contributed by atoms with Gasteiger partial charge in [0.15, 0.2) is 11.0 Å². The third kappa shape index (κ3) is 5.53. The first-order valence-electron chi connectivity index (χ1n) is 9.32. The second-order valence-corrected chi connectivity index (χ2v) is 8.35. The number of anilines is 1. The van der Waals surface area contributed by atoms with Gasteiger partial charge in [-0.3, -0.25) is 4.55 Å². The van der Waals surface area contributed by atoms with E-state index >= 15 is 0 Å². The van der Waals surface area contributed by atoms with E-state index in [2.05, 4.69) is 16.9 Å². The molecule has 3 N–H and O–H groups in total. The van der Waals surface area contributed by atoms with Gasteiger partial charge in [-0.2, -0.15) is 26.2 Å². The third-order valence-electron chi connectivity index (χ3n) is 4.65. The number of aromatic nitrogens is 2. The van der Waals surface area contributed by atoms with Gasteiger partial charge in [0.2, 0.25) is 0 Å². The zero-order valence-corrected chi connectivity index (χ0v) is 17.2. The first-order chi connectivity index (χ1) is 14.6. The number of H-pyrrole nitrogens is 1. The Morgan fingerprint density at radius 3 is 2.48 bits per heavy atom. The molecule has 0 saturated heterocycles. The molecule has 0 saturated carbocycles. The smallest absolute Gasteiger partial charge is 0.361 e. The summed E-state index contributed by atoms with van der Waals surface area (Å²) in [4.78, 5) is 2.98. The minimum atomic E-state index is -4.61. The minimum absolute atomic E-state index is 0.0695. The first-order valence-corrected chi connectivity index (χ1v) is 10.9. The van der Waals surface area contributed by atoms with Crippen molar-refractivity contribution in [2.24, 2.45) is 0 Å². The molecule has 1 heterocycles. The molecule has 6 nitrogen and oxygen atoms in total. The van der Waals surface area contributed by atoms with E-state index in [0.717, 1.165) is 11.8 Å². The van der Waals surface area contributed by atoms with E-state index in [9.17, 15) is 21.6 Å². The summed E-state index contributed by atoms with van der Waals surface area (Å²) in [6.07, 6.45) is -0.191. The van der Waals surface area contributed by atoms with E-state index in [1.807, 2.05) is 30.3 Å². The minimum Gasteiger partial charge on any atom is -0.361 e. The second-order valence-electron chi connectivity index (χ2n) is 6.78. The van der Waals surface area contributed by atoms with Gasteiger partial charge in [0.1, 0.15) is 0 Å². The molecule has 164 valence electrons. The van der Waals surface area contributed by atoms with Gasteiger partial charge in [-0.15, -0.1) is 0 Å². The molecule has 0 atom stereocenters. The van der Waals surface area contributed by atoms with E-state index in [4.69, 9.17) is 4.55 Å². The number of hydrogen-bond donors (Lipinski definition) is 3. The van der Waals surface area contributed by atoms with Crippen LogP contribution in [-0.2, 0) is 22.7 Å². The molecule has 1 aromatic heterocycles. The number of halogens is 3. The van der Waals surface area contributed by atoms with Crippen molar-refractivity contribution < 1.29 is 30.7 Å². The van der Waals surface area contributed by atoms with Crippen LogP contribution in [0.25, 0.3) is 23.3 Å². The van der Waals surface area contributed by atoms with Gasteiger partial charge in [0.05, 0.1) is 17.5 Å². The fraction of sp³-hybridized carbons (Fsp3) is 0.190. The Kier molecular flexibility index (Phi) is 6.51. The number of nitrogens with zero attached hydrogens (tertiary/aromatic N) is 1. The SMILES string of the molecule is C=C[n+]1c(C=CNc2ccccc2)[nH]c2c(CCCS(=O)(=O)O)c(C(F)(F)F)ccc21. The van der Waals surface area contributed by atoms with Crippen LogP contribution in [0.4, 0.5) is 18.9 Å². The molecule has 0 aliphatic heterocycles. The number of imidazole rings is 1. The molecule has 0 amide bonds. The molecule has 0 aliphatic carbocycles. The van der Waals surface area contributed by atoms with Crippen LogP contribution >= 0.6 is 0 Å². The first kappa shape index (κ1) is 22.6. The maximum Gasteiger partial charge on any atom is 0.416 e. The molecular weight excluding hydrogens is 431 g/mol. The predicted octanol–water partition coefficient (Wildman–Crippen LogP) is 4.48. The fourth-order valence-corrected chi connectivity index (χ4v) is 3.83.